The van der Waals surface area contributed by atoms with Crippen LogP contribution in [0.4, 0.5) is 5.69 Å². The molecule has 1 N–H and O–H groups in total. The molecule has 0 saturated heterocycles. The Morgan fingerprint density at radius 1 is 1.21 bits per heavy atom. The highest BCUT2D eigenvalue weighted by Crippen LogP contribution is 2.24. The van der Waals surface area contributed by atoms with Crippen LogP contribution in [0.1, 0.15) is 11.1 Å². The minimum absolute atomic E-state index is 0.0793. The quantitative estimate of drug-likeness (QED) is 0.600. The Morgan fingerprint density at radius 2 is 2.04 bits per heavy atom. The number of benzene rings is 2. The molecule has 0 fully saturated rings. The number of ether oxygens (including phenoxy) is 1. The molecule has 7 heteroatoms. The van der Waals surface area contributed by atoms with Gasteiger partial charge in [0.25, 0.3) is 0 Å². The van der Waals surface area contributed by atoms with Crippen LogP contribution in [-0.4, -0.2) is 27.8 Å². The number of nitrogens with one attached hydrogen (secondary N) is 1. The summed E-state index contributed by atoms with van der Waals surface area (Å²) < 4.78 is 7.74. The van der Waals surface area contributed by atoms with Crippen LogP contribution in [0.15, 0.2) is 67.3 Å². The molecule has 0 aliphatic carbocycles. The van der Waals surface area contributed by atoms with Gasteiger partial charge in [-0.25, -0.2) is 4.98 Å². The largest absolute Gasteiger partial charge is 0.490 e. The van der Waals surface area contributed by atoms with Crippen molar-refractivity contribution in [3.63, 3.8) is 0 Å². The van der Waals surface area contributed by atoms with Gasteiger partial charge in [-0.1, -0.05) is 24.3 Å². The molecule has 3 aromatic rings. The second-order valence-corrected chi connectivity index (χ2v) is 6.98. The molecular formula is C21H20N4O2S. The van der Waals surface area contributed by atoms with E-state index < -0.39 is 0 Å². The van der Waals surface area contributed by atoms with Gasteiger partial charge in [-0.15, -0.1) is 11.8 Å². The van der Waals surface area contributed by atoms with Crippen LogP contribution in [0.5, 0.6) is 5.75 Å². The summed E-state index contributed by atoms with van der Waals surface area (Å²) in [6.45, 7) is 1.17. The third-order valence-electron chi connectivity index (χ3n) is 3.91. The van der Waals surface area contributed by atoms with Gasteiger partial charge in [0, 0.05) is 18.1 Å². The summed E-state index contributed by atoms with van der Waals surface area (Å²) >= 11 is 1.52. The number of nitriles is 1. The van der Waals surface area contributed by atoms with Crippen molar-refractivity contribution < 1.29 is 9.53 Å². The standard InChI is InChI=1S/C21H20N4O2S/c22-13-17-5-7-18(8-6-17)14-28-15-21(26)24-19-3-1-2-4-20(19)27-12-11-25-10-9-23-16-25/h1-10,16H,11-12,14-15H2,(H,24,26). The number of aromatic nitrogens is 2. The molecule has 0 spiro atoms. The highest BCUT2D eigenvalue weighted by molar-refractivity contribution is 7.99. The monoisotopic (exact) mass is 392 g/mol. The molecule has 1 heterocycles. The first-order chi connectivity index (χ1) is 13.7. The lowest BCUT2D eigenvalue weighted by atomic mass is 10.2. The zero-order valence-corrected chi connectivity index (χ0v) is 16.1. The number of nitrogens with zero attached hydrogens (tertiary/aromatic N) is 3. The average Bonchev–Trinajstić information content (AvgIpc) is 3.23. The first kappa shape index (κ1) is 19.5. The summed E-state index contributed by atoms with van der Waals surface area (Å²) in [5, 5.41) is 11.7. The number of thioether (sulfide) groups is 1. The van der Waals surface area contributed by atoms with Crippen LogP contribution >= 0.6 is 11.8 Å². The number of para-hydroxylation sites is 2. The predicted molar refractivity (Wildman–Crippen MR) is 110 cm³/mol. The van der Waals surface area contributed by atoms with Gasteiger partial charge >= 0.3 is 0 Å². The second kappa shape index (κ2) is 10.2. The van der Waals surface area contributed by atoms with Gasteiger partial charge in [-0.2, -0.15) is 5.26 Å². The molecule has 2 aromatic carbocycles. The van der Waals surface area contributed by atoms with Crippen molar-refractivity contribution in [2.24, 2.45) is 0 Å². The van der Waals surface area contributed by atoms with Crippen molar-refractivity contribution in [1.29, 1.82) is 5.26 Å². The van der Waals surface area contributed by atoms with E-state index in [4.69, 9.17) is 10.00 Å². The third kappa shape index (κ3) is 5.89. The zero-order valence-electron chi connectivity index (χ0n) is 15.2. The fraction of sp³-hybridized carbons (Fsp3) is 0.190. The summed E-state index contributed by atoms with van der Waals surface area (Å²) in [4.78, 5) is 16.3. The number of carbonyl (C=O) groups is 1. The Balaban J connectivity index is 1.46. The van der Waals surface area contributed by atoms with Crippen LogP contribution < -0.4 is 10.1 Å². The lowest BCUT2D eigenvalue weighted by Gasteiger charge is -2.12. The van der Waals surface area contributed by atoms with E-state index in [1.165, 1.54) is 11.8 Å². The van der Waals surface area contributed by atoms with Crippen LogP contribution in [0.3, 0.4) is 0 Å². The van der Waals surface area contributed by atoms with E-state index in [1.54, 1.807) is 24.7 Å². The molecule has 0 aliphatic rings. The Labute approximate surface area is 168 Å². The number of imidazole rings is 1. The average molecular weight is 392 g/mol. The molecule has 142 valence electrons. The van der Waals surface area contributed by atoms with Crippen molar-refractivity contribution in [3.05, 3.63) is 78.4 Å². The molecule has 0 saturated carbocycles. The van der Waals surface area contributed by atoms with E-state index in [-0.39, 0.29) is 5.91 Å². The molecule has 1 aromatic heterocycles. The van der Waals surface area contributed by atoms with Gasteiger partial charge < -0.3 is 14.6 Å². The highest BCUT2D eigenvalue weighted by atomic mass is 32.2. The van der Waals surface area contributed by atoms with Crippen molar-refractivity contribution in [3.8, 4) is 11.8 Å². The SMILES string of the molecule is N#Cc1ccc(CSCC(=O)Nc2ccccc2OCCn2ccnc2)cc1. The normalized spacial score (nSPS) is 10.2. The van der Waals surface area contributed by atoms with E-state index in [9.17, 15) is 4.79 Å². The molecule has 6 nitrogen and oxygen atoms in total. The Hall–Kier alpha value is -3.24. The first-order valence-electron chi connectivity index (χ1n) is 8.79. The van der Waals surface area contributed by atoms with E-state index in [0.29, 0.717) is 41.7 Å². The Bertz CT molecular complexity index is 934. The molecule has 1 amide bonds. The van der Waals surface area contributed by atoms with Gasteiger partial charge in [0.2, 0.25) is 5.91 Å². The molecule has 0 aliphatic heterocycles. The predicted octanol–water partition coefficient (Wildman–Crippen LogP) is 3.71. The number of anilines is 1. The van der Waals surface area contributed by atoms with Gasteiger partial charge in [0.1, 0.15) is 12.4 Å². The Morgan fingerprint density at radius 3 is 2.79 bits per heavy atom. The van der Waals surface area contributed by atoms with Crippen LogP contribution in [0, 0.1) is 11.3 Å². The number of hydrogen-bond acceptors (Lipinski definition) is 5. The maximum Gasteiger partial charge on any atom is 0.234 e. The minimum atomic E-state index is -0.0793. The first-order valence-corrected chi connectivity index (χ1v) is 9.94. The van der Waals surface area contributed by atoms with Gasteiger partial charge in [-0.3, -0.25) is 4.79 Å². The van der Waals surface area contributed by atoms with Gasteiger partial charge in [-0.05, 0) is 29.8 Å². The topological polar surface area (TPSA) is 79.9 Å². The molecule has 0 radical (unpaired) electrons. The van der Waals surface area contributed by atoms with E-state index in [2.05, 4.69) is 16.4 Å². The molecule has 3 rings (SSSR count). The number of hydrogen-bond donors (Lipinski definition) is 1. The van der Waals surface area contributed by atoms with Gasteiger partial charge in [0.05, 0.1) is 35.9 Å². The zero-order chi connectivity index (χ0) is 19.6. The van der Waals surface area contributed by atoms with Crippen molar-refractivity contribution >= 4 is 23.4 Å². The molecule has 0 bridgehead atoms. The summed E-state index contributed by atoms with van der Waals surface area (Å²) in [5.41, 5.74) is 2.38. The molecule has 28 heavy (non-hydrogen) atoms. The lowest BCUT2D eigenvalue weighted by molar-refractivity contribution is -0.113. The fourth-order valence-corrected chi connectivity index (χ4v) is 3.29. The number of amides is 1. The number of carbonyl (C=O) groups excluding carboxylic acids is 1. The van der Waals surface area contributed by atoms with E-state index in [1.807, 2.05) is 47.2 Å². The van der Waals surface area contributed by atoms with Gasteiger partial charge in [0.15, 0.2) is 0 Å². The van der Waals surface area contributed by atoms with E-state index >= 15 is 0 Å². The van der Waals surface area contributed by atoms with Crippen LogP contribution in [-0.2, 0) is 17.1 Å². The summed E-state index contributed by atoms with van der Waals surface area (Å²) in [6, 6.07) is 16.9. The summed E-state index contributed by atoms with van der Waals surface area (Å²) in [6.07, 6.45) is 5.34. The third-order valence-corrected chi connectivity index (χ3v) is 4.92. The number of rotatable bonds is 9. The maximum atomic E-state index is 12.3. The highest BCUT2D eigenvalue weighted by Gasteiger charge is 2.08. The minimum Gasteiger partial charge on any atom is -0.490 e. The van der Waals surface area contributed by atoms with E-state index in [0.717, 1.165) is 5.56 Å². The summed E-state index contributed by atoms with van der Waals surface area (Å²) in [5.74, 6) is 1.61. The molecular weight excluding hydrogens is 372 g/mol. The lowest BCUT2D eigenvalue weighted by Crippen LogP contribution is -2.15. The Kier molecular flexibility index (Phi) is 7.10. The summed E-state index contributed by atoms with van der Waals surface area (Å²) in [7, 11) is 0. The van der Waals surface area contributed by atoms with Crippen molar-refractivity contribution in [1.82, 2.24) is 9.55 Å². The maximum absolute atomic E-state index is 12.3. The van der Waals surface area contributed by atoms with Crippen molar-refractivity contribution in [2.45, 2.75) is 12.3 Å². The van der Waals surface area contributed by atoms with Crippen LogP contribution in [0.25, 0.3) is 0 Å². The van der Waals surface area contributed by atoms with Crippen LogP contribution in [0.2, 0.25) is 0 Å². The molecule has 0 atom stereocenters. The fourth-order valence-electron chi connectivity index (χ4n) is 2.50. The smallest absolute Gasteiger partial charge is 0.234 e. The van der Waals surface area contributed by atoms with Crippen molar-refractivity contribution in [2.75, 3.05) is 17.7 Å². The molecule has 0 unspecified atom stereocenters. The second-order valence-electron chi connectivity index (χ2n) is 5.99.